The SMILES string of the molecule is C=CCOC(=O)[C@@H](CSC(c1ccccc1)(c1ccccc1)c1ccccc1)NC(=O)[C@H](N)CSC(c1ccccc1)(c1ccccc1)c1ccccc1. The van der Waals surface area contributed by atoms with Crippen molar-refractivity contribution >= 4 is 35.4 Å². The Balaban J connectivity index is 1.30. The van der Waals surface area contributed by atoms with Crippen LogP contribution in [0.5, 0.6) is 0 Å². The molecule has 6 aromatic rings. The first-order valence-corrected chi connectivity index (χ1v) is 19.9. The summed E-state index contributed by atoms with van der Waals surface area (Å²) >= 11 is 3.18. The number of hydrogen-bond donors (Lipinski definition) is 2. The number of esters is 1. The molecule has 0 aliphatic rings. The summed E-state index contributed by atoms with van der Waals surface area (Å²) in [7, 11) is 0. The quantitative estimate of drug-likeness (QED) is 0.0551. The predicted molar refractivity (Wildman–Crippen MR) is 224 cm³/mol. The Kier molecular flexibility index (Phi) is 13.2. The smallest absolute Gasteiger partial charge is 0.329 e. The van der Waals surface area contributed by atoms with E-state index in [9.17, 15) is 9.59 Å². The molecule has 2 atom stereocenters. The molecule has 1 amide bonds. The van der Waals surface area contributed by atoms with Crippen molar-refractivity contribution in [3.63, 3.8) is 0 Å². The lowest BCUT2D eigenvalue weighted by molar-refractivity contribution is -0.146. The van der Waals surface area contributed by atoms with Crippen molar-refractivity contribution in [3.8, 4) is 0 Å². The molecule has 0 fully saturated rings. The van der Waals surface area contributed by atoms with Gasteiger partial charge in [0.1, 0.15) is 12.6 Å². The van der Waals surface area contributed by atoms with Gasteiger partial charge in [-0.05, 0) is 33.4 Å². The molecule has 0 unspecified atom stereocenters. The van der Waals surface area contributed by atoms with Crippen molar-refractivity contribution in [3.05, 3.63) is 228 Å². The molecule has 0 radical (unpaired) electrons. The molecule has 7 heteroatoms. The second-order valence-electron chi connectivity index (χ2n) is 12.8. The summed E-state index contributed by atoms with van der Waals surface area (Å²) in [6.45, 7) is 3.74. The molecule has 0 aliphatic carbocycles. The van der Waals surface area contributed by atoms with Gasteiger partial charge in [-0.2, -0.15) is 0 Å². The first-order chi connectivity index (χ1) is 26.5. The summed E-state index contributed by atoms with van der Waals surface area (Å²) in [5.41, 5.74) is 13.1. The van der Waals surface area contributed by atoms with Gasteiger partial charge in [0, 0.05) is 11.5 Å². The van der Waals surface area contributed by atoms with Gasteiger partial charge < -0.3 is 15.8 Å². The van der Waals surface area contributed by atoms with Crippen LogP contribution >= 0.6 is 23.5 Å². The molecule has 0 spiro atoms. The lowest BCUT2D eigenvalue weighted by Crippen LogP contribution is -2.51. The number of benzene rings is 6. The molecule has 6 rings (SSSR count). The van der Waals surface area contributed by atoms with E-state index in [1.807, 2.05) is 109 Å². The largest absolute Gasteiger partial charge is 0.460 e. The second kappa shape index (κ2) is 18.6. The van der Waals surface area contributed by atoms with Gasteiger partial charge in [-0.3, -0.25) is 4.79 Å². The third-order valence-electron chi connectivity index (χ3n) is 9.31. The molecular formula is C47H44N2O3S2. The fourth-order valence-electron chi connectivity index (χ4n) is 6.73. The van der Waals surface area contributed by atoms with Crippen LogP contribution in [0.25, 0.3) is 0 Å². The Bertz CT molecular complexity index is 1870. The second-order valence-corrected chi connectivity index (χ2v) is 15.2. The Morgan fingerprint density at radius 1 is 0.556 bits per heavy atom. The highest BCUT2D eigenvalue weighted by Crippen LogP contribution is 2.50. The standard InChI is InChI=1S/C47H44N2O3S2/c1-2-33-52-45(51)43(35-54-47(39-27-15-6-16-28-39,40-29-17-7-18-30-40)41-31-19-8-20-32-41)49-44(50)42(48)34-53-46(36-21-9-3-10-22-36,37-23-11-4-12-24-37)38-25-13-5-14-26-38/h2-32,42-43H,1,33-35,48H2,(H,49,50)/t42-,43-/m1/s1. The minimum atomic E-state index is -0.990. The van der Waals surface area contributed by atoms with Gasteiger partial charge in [0.15, 0.2) is 0 Å². The lowest BCUT2D eigenvalue weighted by atomic mass is 9.84. The van der Waals surface area contributed by atoms with Crippen LogP contribution in [-0.2, 0) is 23.8 Å². The molecule has 3 N–H and O–H groups in total. The fourth-order valence-corrected chi connectivity index (χ4v) is 9.76. The minimum Gasteiger partial charge on any atom is -0.460 e. The van der Waals surface area contributed by atoms with Gasteiger partial charge >= 0.3 is 5.97 Å². The highest BCUT2D eigenvalue weighted by molar-refractivity contribution is 8.01. The Morgan fingerprint density at radius 2 is 0.852 bits per heavy atom. The molecule has 6 aromatic carbocycles. The van der Waals surface area contributed by atoms with Crippen molar-refractivity contribution in [2.75, 3.05) is 18.1 Å². The molecule has 272 valence electrons. The number of amides is 1. The average Bonchev–Trinajstić information content (AvgIpc) is 3.25. The van der Waals surface area contributed by atoms with Crippen LogP contribution in [0.3, 0.4) is 0 Å². The van der Waals surface area contributed by atoms with E-state index in [0.29, 0.717) is 0 Å². The first kappa shape index (κ1) is 38.4. The van der Waals surface area contributed by atoms with Gasteiger partial charge in [-0.25, -0.2) is 4.79 Å². The zero-order valence-corrected chi connectivity index (χ0v) is 31.6. The van der Waals surface area contributed by atoms with E-state index in [2.05, 4.69) is 84.7 Å². The third kappa shape index (κ3) is 8.55. The molecule has 0 bridgehead atoms. The normalized spacial score (nSPS) is 12.6. The van der Waals surface area contributed by atoms with Crippen LogP contribution < -0.4 is 11.1 Å². The van der Waals surface area contributed by atoms with Crippen molar-refractivity contribution in [2.24, 2.45) is 5.73 Å². The van der Waals surface area contributed by atoms with Crippen LogP contribution in [0.15, 0.2) is 195 Å². The maximum Gasteiger partial charge on any atom is 0.329 e. The number of hydrogen-bond acceptors (Lipinski definition) is 6. The molecule has 0 heterocycles. The highest BCUT2D eigenvalue weighted by Gasteiger charge is 2.40. The van der Waals surface area contributed by atoms with Crippen molar-refractivity contribution < 1.29 is 14.3 Å². The summed E-state index contributed by atoms with van der Waals surface area (Å²) in [5, 5.41) is 3.00. The Morgan fingerprint density at radius 3 is 1.15 bits per heavy atom. The number of carbonyl (C=O) groups excluding carboxylic acids is 2. The number of rotatable bonds is 17. The summed E-state index contributed by atoms with van der Waals surface area (Å²) in [4.78, 5) is 27.8. The molecule has 0 saturated heterocycles. The summed E-state index contributed by atoms with van der Waals surface area (Å²) in [6.07, 6.45) is 1.52. The van der Waals surface area contributed by atoms with E-state index in [1.165, 1.54) is 6.08 Å². The molecular weight excluding hydrogens is 705 g/mol. The number of carbonyl (C=O) groups is 2. The summed E-state index contributed by atoms with van der Waals surface area (Å²) < 4.78 is 4.22. The molecule has 5 nitrogen and oxygen atoms in total. The van der Waals surface area contributed by atoms with E-state index in [1.54, 1.807) is 23.5 Å². The van der Waals surface area contributed by atoms with E-state index in [4.69, 9.17) is 10.5 Å². The fraction of sp³-hybridized carbons (Fsp3) is 0.149. The zero-order chi connectivity index (χ0) is 37.6. The monoisotopic (exact) mass is 748 g/mol. The van der Waals surface area contributed by atoms with Crippen molar-refractivity contribution in [1.29, 1.82) is 0 Å². The maximum atomic E-state index is 14.1. The van der Waals surface area contributed by atoms with Gasteiger partial charge in [0.2, 0.25) is 5.91 Å². The van der Waals surface area contributed by atoms with Crippen LogP contribution in [0, 0.1) is 0 Å². The Hall–Kier alpha value is -5.34. The predicted octanol–water partition coefficient (Wildman–Crippen LogP) is 8.98. The van der Waals surface area contributed by atoms with Crippen LogP contribution in [0.1, 0.15) is 33.4 Å². The van der Waals surface area contributed by atoms with Crippen molar-refractivity contribution in [2.45, 2.75) is 21.6 Å². The molecule has 0 aliphatic heterocycles. The summed E-state index contributed by atoms with van der Waals surface area (Å²) in [5.74, 6) is -0.501. The van der Waals surface area contributed by atoms with Crippen LogP contribution in [-0.4, -0.2) is 42.1 Å². The molecule has 0 aromatic heterocycles. The topological polar surface area (TPSA) is 81.4 Å². The number of nitrogens with two attached hydrogens (primary N) is 1. The third-order valence-corrected chi connectivity index (χ3v) is 12.6. The van der Waals surface area contributed by atoms with E-state index >= 15 is 0 Å². The van der Waals surface area contributed by atoms with Gasteiger partial charge in [0.25, 0.3) is 0 Å². The lowest BCUT2D eigenvalue weighted by Gasteiger charge is -2.37. The maximum absolute atomic E-state index is 14.1. The molecule has 0 saturated carbocycles. The highest BCUT2D eigenvalue weighted by atomic mass is 32.2. The first-order valence-electron chi connectivity index (χ1n) is 17.9. The van der Waals surface area contributed by atoms with Crippen LogP contribution in [0.4, 0.5) is 0 Å². The number of thioether (sulfide) groups is 2. The van der Waals surface area contributed by atoms with Crippen LogP contribution in [0.2, 0.25) is 0 Å². The van der Waals surface area contributed by atoms with Gasteiger partial charge in [-0.15, -0.1) is 23.5 Å². The number of ether oxygens (including phenoxy) is 1. The minimum absolute atomic E-state index is 0.0206. The zero-order valence-electron chi connectivity index (χ0n) is 30.0. The molecule has 54 heavy (non-hydrogen) atoms. The van der Waals surface area contributed by atoms with Crippen molar-refractivity contribution in [1.82, 2.24) is 5.32 Å². The summed E-state index contributed by atoms with van der Waals surface area (Å²) in [6, 6.07) is 59.6. The van der Waals surface area contributed by atoms with E-state index in [-0.39, 0.29) is 18.1 Å². The van der Waals surface area contributed by atoms with E-state index < -0.39 is 33.5 Å². The van der Waals surface area contributed by atoms with Gasteiger partial charge in [-0.1, -0.05) is 195 Å². The Labute approximate surface area is 327 Å². The van der Waals surface area contributed by atoms with E-state index in [0.717, 1.165) is 33.4 Å². The average molecular weight is 749 g/mol. The number of nitrogens with one attached hydrogen (secondary N) is 1. The van der Waals surface area contributed by atoms with Gasteiger partial charge in [0.05, 0.1) is 15.5 Å².